The smallest absolute Gasteiger partial charge is 0.0701 e. The molecule has 0 aliphatic heterocycles. The summed E-state index contributed by atoms with van der Waals surface area (Å²) in [7, 11) is 1.65. The first-order valence-electron chi connectivity index (χ1n) is 4.76. The molecule has 13 heavy (non-hydrogen) atoms. The lowest BCUT2D eigenvalue weighted by atomic mass is 10.2. The molecule has 1 unspecified atom stereocenters. The van der Waals surface area contributed by atoms with Crippen LogP contribution >= 0.6 is 0 Å². The predicted octanol–water partition coefficient (Wildman–Crippen LogP) is 0.00990. The lowest BCUT2D eigenvalue weighted by Gasteiger charge is -2.16. The molecular formula is C9H21NO3. The molecule has 0 aromatic carbocycles. The van der Waals surface area contributed by atoms with Crippen molar-refractivity contribution in [2.24, 2.45) is 0 Å². The topological polar surface area (TPSA) is 50.7 Å². The normalized spacial score (nSPS) is 13.2. The number of hydrogen-bond donors (Lipinski definition) is 2. The van der Waals surface area contributed by atoms with Gasteiger partial charge in [0.1, 0.15) is 0 Å². The Balaban J connectivity index is 3.33. The number of aliphatic hydroxyl groups is 1. The van der Waals surface area contributed by atoms with E-state index in [1.165, 1.54) is 0 Å². The van der Waals surface area contributed by atoms with E-state index in [-0.39, 0.29) is 12.6 Å². The fourth-order valence-electron chi connectivity index (χ4n) is 1.06. The van der Waals surface area contributed by atoms with E-state index in [9.17, 15) is 0 Å². The molecule has 0 bridgehead atoms. The van der Waals surface area contributed by atoms with Crippen molar-refractivity contribution >= 4 is 0 Å². The first-order chi connectivity index (χ1) is 6.35. The summed E-state index contributed by atoms with van der Waals surface area (Å²) in [5.41, 5.74) is 0. The van der Waals surface area contributed by atoms with Gasteiger partial charge in [0.2, 0.25) is 0 Å². The van der Waals surface area contributed by atoms with E-state index >= 15 is 0 Å². The zero-order chi connectivity index (χ0) is 9.94. The van der Waals surface area contributed by atoms with Crippen LogP contribution in [0, 0.1) is 0 Å². The number of likely N-dealkylation sites (N-methyl/N-ethyl adjacent to an activating group) is 1. The highest BCUT2D eigenvalue weighted by Gasteiger charge is 2.05. The van der Waals surface area contributed by atoms with E-state index in [0.717, 1.165) is 13.0 Å². The molecule has 2 N–H and O–H groups in total. The number of rotatable bonds is 9. The maximum Gasteiger partial charge on any atom is 0.0701 e. The molecule has 0 aliphatic carbocycles. The fourth-order valence-corrected chi connectivity index (χ4v) is 1.06. The molecule has 0 aliphatic rings. The Morgan fingerprint density at radius 1 is 1.38 bits per heavy atom. The van der Waals surface area contributed by atoms with E-state index in [4.69, 9.17) is 14.6 Å². The van der Waals surface area contributed by atoms with Crippen molar-refractivity contribution in [3.63, 3.8) is 0 Å². The molecule has 0 aromatic rings. The van der Waals surface area contributed by atoms with Gasteiger partial charge in [-0.25, -0.2) is 0 Å². The first-order valence-corrected chi connectivity index (χ1v) is 4.76. The second-order valence-electron chi connectivity index (χ2n) is 2.83. The second kappa shape index (κ2) is 9.92. The zero-order valence-electron chi connectivity index (χ0n) is 8.58. The molecule has 4 nitrogen and oxygen atoms in total. The summed E-state index contributed by atoms with van der Waals surface area (Å²) in [6.45, 7) is 5.02. The molecule has 0 heterocycles. The summed E-state index contributed by atoms with van der Waals surface area (Å²) in [6, 6.07) is 0.256. The Morgan fingerprint density at radius 2 is 2.15 bits per heavy atom. The van der Waals surface area contributed by atoms with Crippen molar-refractivity contribution in [1.29, 1.82) is 0 Å². The minimum absolute atomic E-state index is 0.200. The molecule has 4 heteroatoms. The van der Waals surface area contributed by atoms with Crippen molar-refractivity contribution in [3.05, 3.63) is 0 Å². The van der Waals surface area contributed by atoms with Crippen LogP contribution < -0.4 is 5.32 Å². The molecule has 80 valence electrons. The monoisotopic (exact) mass is 191 g/mol. The van der Waals surface area contributed by atoms with Crippen molar-refractivity contribution < 1.29 is 14.6 Å². The number of ether oxygens (including phenoxy) is 2. The predicted molar refractivity (Wildman–Crippen MR) is 51.9 cm³/mol. The van der Waals surface area contributed by atoms with Crippen LogP contribution in [-0.2, 0) is 9.47 Å². The van der Waals surface area contributed by atoms with Crippen LogP contribution in [0.4, 0.5) is 0 Å². The van der Waals surface area contributed by atoms with E-state index in [1.54, 1.807) is 7.11 Å². The van der Waals surface area contributed by atoms with Gasteiger partial charge in [0.05, 0.1) is 19.8 Å². The molecular weight excluding hydrogens is 170 g/mol. The largest absolute Gasteiger partial charge is 0.396 e. The van der Waals surface area contributed by atoms with Gasteiger partial charge in [0, 0.05) is 19.8 Å². The van der Waals surface area contributed by atoms with Gasteiger partial charge in [-0.3, -0.25) is 0 Å². The second-order valence-corrected chi connectivity index (χ2v) is 2.83. The zero-order valence-corrected chi connectivity index (χ0v) is 8.58. The highest BCUT2D eigenvalue weighted by atomic mass is 16.5. The SMILES string of the molecule is CCNC(CCO)COCCOC. The summed E-state index contributed by atoms with van der Waals surface area (Å²) in [5, 5.41) is 12.0. The average molecular weight is 191 g/mol. The molecule has 0 spiro atoms. The van der Waals surface area contributed by atoms with Crippen molar-refractivity contribution in [3.8, 4) is 0 Å². The van der Waals surface area contributed by atoms with Gasteiger partial charge in [0.25, 0.3) is 0 Å². The van der Waals surface area contributed by atoms with Crippen LogP contribution in [0.15, 0.2) is 0 Å². The molecule has 0 aromatic heterocycles. The van der Waals surface area contributed by atoms with Gasteiger partial charge < -0.3 is 19.9 Å². The fraction of sp³-hybridized carbons (Fsp3) is 1.00. The summed E-state index contributed by atoms with van der Waals surface area (Å²) in [4.78, 5) is 0. The van der Waals surface area contributed by atoms with Crippen LogP contribution in [0.25, 0.3) is 0 Å². The van der Waals surface area contributed by atoms with Gasteiger partial charge in [-0.1, -0.05) is 6.92 Å². The number of nitrogens with one attached hydrogen (secondary N) is 1. The maximum absolute atomic E-state index is 8.75. The summed E-state index contributed by atoms with van der Waals surface area (Å²) < 4.78 is 10.2. The lowest BCUT2D eigenvalue weighted by molar-refractivity contribution is 0.0549. The van der Waals surface area contributed by atoms with Gasteiger partial charge in [-0.15, -0.1) is 0 Å². The van der Waals surface area contributed by atoms with Gasteiger partial charge >= 0.3 is 0 Å². The van der Waals surface area contributed by atoms with Crippen molar-refractivity contribution in [2.75, 3.05) is 40.1 Å². The van der Waals surface area contributed by atoms with Crippen LogP contribution in [0.2, 0.25) is 0 Å². The number of aliphatic hydroxyl groups excluding tert-OH is 1. The van der Waals surface area contributed by atoms with Gasteiger partial charge in [-0.05, 0) is 13.0 Å². The first kappa shape index (κ1) is 12.8. The third-order valence-corrected chi connectivity index (χ3v) is 1.72. The number of hydrogen-bond acceptors (Lipinski definition) is 4. The Hall–Kier alpha value is -0.160. The molecule has 0 amide bonds. The van der Waals surface area contributed by atoms with E-state index in [2.05, 4.69) is 5.32 Å². The summed E-state index contributed by atoms with van der Waals surface area (Å²) in [5.74, 6) is 0. The number of methoxy groups -OCH3 is 1. The molecule has 0 saturated carbocycles. The summed E-state index contributed by atoms with van der Waals surface area (Å²) >= 11 is 0. The highest BCUT2D eigenvalue weighted by molar-refractivity contribution is 4.63. The minimum atomic E-state index is 0.200. The molecule has 0 fully saturated rings. The van der Waals surface area contributed by atoms with Crippen LogP contribution in [0.1, 0.15) is 13.3 Å². The Bertz CT molecular complexity index is 94.9. The molecule has 0 saturated heterocycles. The Labute approximate surface area is 80.2 Å². The molecule has 0 rings (SSSR count). The Kier molecular flexibility index (Phi) is 9.80. The van der Waals surface area contributed by atoms with E-state index in [1.807, 2.05) is 6.92 Å². The van der Waals surface area contributed by atoms with Gasteiger partial charge in [0.15, 0.2) is 0 Å². The molecule has 0 radical (unpaired) electrons. The average Bonchev–Trinajstić information content (AvgIpc) is 2.13. The van der Waals surface area contributed by atoms with Crippen LogP contribution in [0.5, 0.6) is 0 Å². The standard InChI is InChI=1S/C9H21NO3/c1-3-10-9(4-5-11)8-13-7-6-12-2/h9-11H,3-8H2,1-2H3. The van der Waals surface area contributed by atoms with E-state index in [0.29, 0.717) is 19.8 Å². The van der Waals surface area contributed by atoms with Crippen LogP contribution in [-0.4, -0.2) is 51.2 Å². The lowest BCUT2D eigenvalue weighted by Crippen LogP contribution is -2.34. The highest BCUT2D eigenvalue weighted by Crippen LogP contribution is 1.92. The maximum atomic E-state index is 8.75. The van der Waals surface area contributed by atoms with Crippen LogP contribution in [0.3, 0.4) is 0 Å². The third-order valence-electron chi connectivity index (χ3n) is 1.72. The van der Waals surface area contributed by atoms with E-state index < -0.39 is 0 Å². The minimum Gasteiger partial charge on any atom is -0.396 e. The van der Waals surface area contributed by atoms with Gasteiger partial charge in [-0.2, -0.15) is 0 Å². The third kappa shape index (κ3) is 8.18. The Morgan fingerprint density at radius 3 is 2.69 bits per heavy atom. The summed E-state index contributed by atoms with van der Waals surface area (Å²) in [6.07, 6.45) is 0.737. The molecule has 1 atom stereocenters. The quantitative estimate of drug-likeness (QED) is 0.504. The van der Waals surface area contributed by atoms with Crippen molar-refractivity contribution in [1.82, 2.24) is 5.32 Å². The van der Waals surface area contributed by atoms with Crippen molar-refractivity contribution in [2.45, 2.75) is 19.4 Å².